The van der Waals surface area contributed by atoms with Gasteiger partial charge < -0.3 is 4.90 Å². The van der Waals surface area contributed by atoms with Gasteiger partial charge in [0.1, 0.15) is 0 Å². The van der Waals surface area contributed by atoms with E-state index >= 15 is 0 Å². The van der Waals surface area contributed by atoms with Crippen molar-refractivity contribution in [3.8, 4) is 0 Å². The van der Waals surface area contributed by atoms with Crippen LogP contribution in [-0.4, -0.2) is 28.8 Å². The van der Waals surface area contributed by atoms with Crippen molar-refractivity contribution in [2.45, 2.75) is 25.7 Å². The molecule has 1 saturated carbocycles. The van der Waals surface area contributed by atoms with Crippen LogP contribution in [0, 0.1) is 22.0 Å². The molecule has 5 heteroatoms. The van der Waals surface area contributed by atoms with E-state index in [0.717, 1.165) is 25.1 Å². The van der Waals surface area contributed by atoms with Gasteiger partial charge in [-0.3, -0.25) is 14.9 Å². The standard InChI is InChI=1S/C15H18N2O3/c1-2-15(18)16-8-10-7-12(13(10)9-16)11-5-3-4-6-14(11)17(19)20/h3-6,10,12-13H,2,7-9H2,1H3. The van der Waals surface area contributed by atoms with E-state index in [2.05, 4.69) is 0 Å². The zero-order chi connectivity index (χ0) is 14.3. The average molecular weight is 274 g/mol. The molecule has 3 rings (SSSR count). The second-order valence-electron chi connectivity index (χ2n) is 5.73. The number of rotatable bonds is 3. The summed E-state index contributed by atoms with van der Waals surface area (Å²) in [5.41, 5.74) is 1.06. The lowest BCUT2D eigenvalue weighted by molar-refractivity contribution is -0.386. The maximum absolute atomic E-state index is 11.8. The highest BCUT2D eigenvalue weighted by atomic mass is 16.6. The summed E-state index contributed by atoms with van der Waals surface area (Å²) in [6.45, 7) is 3.46. The SMILES string of the molecule is CCC(=O)N1CC2CC(c3ccccc3[N+](=O)[O-])C2C1. The Morgan fingerprint density at radius 1 is 1.40 bits per heavy atom. The smallest absolute Gasteiger partial charge is 0.272 e. The topological polar surface area (TPSA) is 63.5 Å². The molecule has 0 spiro atoms. The predicted molar refractivity (Wildman–Crippen MR) is 74.3 cm³/mol. The van der Waals surface area contributed by atoms with Crippen LogP contribution in [0.3, 0.4) is 0 Å². The Kier molecular flexibility index (Phi) is 3.20. The molecule has 1 aliphatic heterocycles. The van der Waals surface area contributed by atoms with Crippen LogP contribution in [0.5, 0.6) is 0 Å². The van der Waals surface area contributed by atoms with Gasteiger partial charge in [0, 0.05) is 31.1 Å². The number of carbonyl (C=O) groups excluding carboxylic acids is 1. The molecule has 3 atom stereocenters. The Hall–Kier alpha value is -1.91. The first-order chi connectivity index (χ1) is 9.61. The molecule has 2 fully saturated rings. The highest BCUT2D eigenvalue weighted by molar-refractivity contribution is 5.76. The number of nitro groups is 1. The minimum atomic E-state index is -0.299. The number of hydrogen-bond acceptors (Lipinski definition) is 3. The summed E-state index contributed by atoms with van der Waals surface area (Å²) < 4.78 is 0. The van der Waals surface area contributed by atoms with E-state index in [0.29, 0.717) is 18.3 Å². The molecule has 1 heterocycles. The average Bonchev–Trinajstić information content (AvgIpc) is 2.76. The normalized spacial score (nSPS) is 27.9. The molecule has 1 amide bonds. The fraction of sp³-hybridized carbons (Fsp3) is 0.533. The molecule has 0 bridgehead atoms. The number of fused-ring (bicyclic) bond motifs is 1. The van der Waals surface area contributed by atoms with Crippen LogP contribution in [0.1, 0.15) is 31.2 Å². The number of hydrogen-bond donors (Lipinski definition) is 0. The summed E-state index contributed by atoms with van der Waals surface area (Å²) in [4.78, 5) is 24.5. The number of nitro benzene ring substituents is 1. The molecular formula is C15H18N2O3. The van der Waals surface area contributed by atoms with E-state index in [9.17, 15) is 14.9 Å². The second kappa shape index (κ2) is 4.89. The van der Waals surface area contributed by atoms with Gasteiger partial charge in [-0.15, -0.1) is 0 Å². The lowest BCUT2D eigenvalue weighted by Gasteiger charge is -2.39. The lowest BCUT2D eigenvalue weighted by atomic mass is 9.63. The van der Waals surface area contributed by atoms with Gasteiger partial charge in [-0.1, -0.05) is 25.1 Å². The zero-order valence-electron chi connectivity index (χ0n) is 11.5. The van der Waals surface area contributed by atoms with Crippen molar-refractivity contribution in [1.82, 2.24) is 4.90 Å². The van der Waals surface area contributed by atoms with Gasteiger partial charge >= 0.3 is 0 Å². The number of carbonyl (C=O) groups is 1. The van der Waals surface area contributed by atoms with E-state index in [-0.39, 0.29) is 22.4 Å². The van der Waals surface area contributed by atoms with Gasteiger partial charge in [0.2, 0.25) is 5.91 Å². The second-order valence-corrected chi connectivity index (χ2v) is 5.73. The Bertz CT molecular complexity index is 558. The summed E-state index contributed by atoms with van der Waals surface area (Å²) in [7, 11) is 0. The minimum absolute atomic E-state index is 0.195. The number of para-hydroxylation sites is 1. The fourth-order valence-corrected chi connectivity index (χ4v) is 3.66. The van der Waals surface area contributed by atoms with Crippen molar-refractivity contribution >= 4 is 11.6 Å². The highest BCUT2D eigenvalue weighted by Crippen LogP contribution is 2.53. The Balaban J connectivity index is 1.79. The first-order valence-electron chi connectivity index (χ1n) is 7.13. The van der Waals surface area contributed by atoms with E-state index in [1.807, 2.05) is 24.0 Å². The van der Waals surface area contributed by atoms with Gasteiger partial charge in [0.05, 0.1) is 4.92 Å². The first kappa shape index (κ1) is 13.1. The number of nitrogens with zero attached hydrogens (tertiary/aromatic N) is 2. The summed E-state index contributed by atoms with van der Waals surface area (Å²) in [6, 6.07) is 7.01. The molecule has 20 heavy (non-hydrogen) atoms. The third-order valence-corrected chi connectivity index (χ3v) is 4.75. The van der Waals surface area contributed by atoms with Crippen LogP contribution in [0.4, 0.5) is 5.69 Å². The first-order valence-corrected chi connectivity index (χ1v) is 7.13. The Morgan fingerprint density at radius 2 is 2.15 bits per heavy atom. The summed E-state index contributed by atoms with van der Waals surface area (Å²) in [6.07, 6.45) is 1.50. The molecular weight excluding hydrogens is 256 g/mol. The van der Waals surface area contributed by atoms with E-state index < -0.39 is 0 Å². The zero-order valence-corrected chi connectivity index (χ0v) is 11.5. The van der Waals surface area contributed by atoms with Gasteiger partial charge in [0.25, 0.3) is 5.69 Å². The highest BCUT2D eigenvalue weighted by Gasteiger charge is 2.49. The summed E-state index contributed by atoms with van der Waals surface area (Å²) in [5, 5.41) is 11.1. The third-order valence-electron chi connectivity index (χ3n) is 4.75. The molecule has 106 valence electrons. The van der Waals surface area contributed by atoms with Gasteiger partial charge in [-0.05, 0) is 24.2 Å². The maximum Gasteiger partial charge on any atom is 0.272 e. The van der Waals surface area contributed by atoms with Gasteiger partial charge in [0.15, 0.2) is 0 Å². The van der Waals surface area contributed by atoms with Gasteiger partial charge in [-0.25, -0.2) is 0 Å². The quantitative estimate of drug-likeness (QED) is 0.628. The summed E-state index contributed by atoms with van der Waals surface area (Å²) in [5.74, 6) is 1.35. The molecule has 1 saturated heterocycles. The Labute approximate surface area is 117 Å². The molecule has 1 aromatic rings. The van der Waals surface area contributed by atoms with Crippen LogP contribution in [0.15, 0.2) is 24.3 Å². The van der Waals surface area contributed by atoms with Crippen molar-refractivity contribution in [3.05, 3.63) is 39.9 Å². The van der Waals surface area contributed by atoms with Crippen molar-refractivity contribution < 1.29 is 9.72 Å². The molecule has 3 unspecified atom stereocenters. The molecule has 1 aliphatic carbocycles. The van der Waals surface area contributed by atoms with E-state index in [1.54, 1.807) is 12.1 Å². The van der Waals surface area contributed by atoms with Crippen LogP contribution < -0.4 is 0 Å². The van der Waals surface area contributed by atoms with Crippen LogP contribution in [0.25, 0.3) is 0 Å². The molecule has 5 nitrogen and oxygen atoms in total. The number of benzene rings is 1. The maximum atomic E-state index is 11.8. The summed E-state index contributed by atoms with van der Waals surface area (Å²) >= 11 is 0. The van der Waals surface area contributed by atoms with Crippen LogP contribution >= 0.6 is 0 Å². The van der Waals surface area contributed by atoms with Gasteiger partial charge in [-0.2, -0.15) is 0 Å². The number of amides is 1. The molecule has 2 aliphatic rings. The molecule has 0 radical (unpaired) electrons. The molecule has 0 N–H and O–H groups in total. The van der Waals surface area contributed by atoms with Crippen molar-refractivity contribution in [1.29, 1.82) is 0 Å². The predicted octanol–water partition coefficient (Wildman–Crippen LogP) is 2.57. The molecule has 1 aromatic carbocycles. The third kappa shape index (κ3) is 1.97. The van der Waals surface area contributed by atoms with Crippen LogP contribution in [0.2, 0.25) is 0 Å². The van der Waals surface area contributed by atoms with Crippen molar-refractivity contribution in [3.63, 3.8) is 0 Å². The van der Waals surface area contributed by atoms with Crippen molar-refractivity contribution in [2.75, 3.05) is 13.1 Å². The largest absolute Gasteiger partial charge is 0.342 e. The van der Waals surface area contributed by atoms with Crippen LogP contribution in [-0.2, 0) is 4.79 Å². The van der Waals surface area contributed by atoms with E-state index in [1.165, 1.54) is 0 Å². The Morgan fingerprint density at radius 3 is 2.85 bits per heavy atom. The lowest BCUT2D eigenvalue weighted by Crippen LogP contribution is -2.33. The van der Waals surface area contributed by atoms with Crippen molar-refractivity contribution in [2.24, 2.45) is 11.8 Å². The number of likely N-dealkylation sites (tertiary alicyclic amines) is 1. The molecule has 0 aromatic heterocycles. The monoisotopic (exact) mass is 274 g/mol. The fourth-order valence-electron chi connectivity index (χ4n) is 3.66. The van der Waals surface area contributed by atoms with E-state index in [4.69, 9.17) is 0 Å². The minimum Gasteiger partial charge on any atom is -0.342 e.